The highest BCUT2D eigenvalue weighted by atomic mass is 16.5. The molecule has 162 valence electrons. The summed E-state index contributed by atoms with van der Waals surface area (Å²) in [5, 5.41) is 12.9. The Kier molecular flexibility index (Phi) is 7.04. The van der Waals surface area contributed by atoms with Crippen LogP contribution in [-0.2, 0) is 11.8 Å². The maximum atomic E-state index is 12.7. The number of carbonyl (C=O) groups excluding carboxylic acids is 1. The van der Waals surface area contributed by atoms with Crippen LogP contribution in [0.2, 0.25) is 0 Å². The minimum atomic E-state index is -0.700. The van der Waals surface area contributed by atoms with E-state index in [-0.39, 0.29) is 24.2 Å². The Morgan fingerprint density at radius 1 is 1.13 bits per heavy atom. The van der Waals surface area contributed by atoms with E-state index < -0.39 is 17.2 Å². The molecular formula is C23H26N4O4. The first kappa shape index (κ1) is 22.0. The van der Waals surface area contributed by atoms with Gasteiger partial charge in [-0.2, -0.15) is 0 Å². The van der Waals surface area contributed by atoms with Crippen LogP contribution in [0.1, 0.15) is 27.7 Å². The SMILES string of the molecule is COCCNC(=O)c1nc(N(C)C(c2ccccc2)c2ccccc2)n(C)c(=O)c1O. The van der Waals surface area contributed by atoms with Crippen molar-refractivity contribution in [2.24, 2.45) is 7.05 Å². The second-order valence-electron chi connectivity index (χ2n) is 7.06. The zero-order valence-corrected chi connectivity index (χ0v) is 17.8. The number of rotatable bonds is 8. The van der Waals surface area contributed by atoms with Crippen LogP contribution >= 0.6 is 0 Å². The van der Waals surface area contributed by atoms with Gasteiger partial charge in [0.25, 0.3) is 11.5 Å². The quantitative estimate of drug-likeness (QED) is 0.540. The topological polar surface area (TPSA) is 96.7 Å². The standard InChI is InChI=1S/C23H26N4O4/c1-26(19(16-10-6-4-7-11-16)17-12-8-5-9-13-17)23-25-18(20(28)22(30)27(23)2)21(29)24-14-15-31-3/h4-13,19,28H,14-15H2,1-3H3,(H,24,29). The average Bonchev–Trinajstić information content (AvgIpc) is 2.79. The Morgan fingerprint density at radius 2 is 1.68 bits per heavy atom. The van der Waals surface area contributed by atoms with Crippen molar-refractivity contribution in [3.8, 4) is 5.75 Å². The lowest BCUT2D eigenvalue weighted by atomic mass is 9.97. The molecule has 0 atom stereocenters. The monoisotopic (exact) mass is 422 g/mol. The average molecular weight is 422 g/mol. The molecule has 2 aromatic carbocycles. The number of amides is 1. The number of aromatic hydroxyl groups is 1. The maximum absolute atomic E-state index is 12.7. The van der Waals surface area contributed by atoms with Crippen molar-refractivity contribution in [2.45, 2.75) is 6.04 Å². The van der Waals surface area contributed by atoms with Crippen molar-refractivity contribution in [1.29, 1.82) is 0 Å². The number of methoxy groups -OCH3 is 1. The molecule has 0 aliphatic rings. The Balaban J connectivity index is 2.08. The van der Waals surface area contributed by atoms with Crippen molar-refractivity contribution in [2.75, 3.05) is 32.2 Å². The summed E-state index contributed by atoms with van der Waals surface area (Å²) in [6.45, 7) is 0.529. The van der Waals surface area contributed by atoms with Crippen LogP contribution in [0.3, 0.4) is 0 Å². The molecule has 0 saturated heterocycles. The molecule has 1 amide bonds. The van der Waals surface area contributed by atoms with E-state index in [2.05, 4.69) is 10.3 Å². The van der Waals surface area contributed by atoms with Crippen molar-refractivity contribution in [1.82, 2.24) is 14.9 Å². The summed E-state index contributed by atoms with van der Waals surface area (Å²) in [4.78, 5) is 31.4. The number of hydrogen-bond donors (Lipinski definition) is 2. The molecule has 8 heteroatoms. The molecule has 8 nitrogen and oxygen atoms in total. The van der Waals surface area contributed by atoms with E-state index in [1.807, 2.05) is 65.6 Å². The number of benzene rings is 2. The summed E-state index contributed by atoms with van der Waals surface area (Å²) >= 11 is 0. The maximum Gasteiger partial charge on any atom is 0.297 e. The number of carbonyl (C=O) groups is 1. The fourth-order valence-corrected chi connectivity index (χ4v) is 3.43. The second kappa shape index (κ2) is 9.90. The van der Waals surface area contributed by atoms with Gasteiger partial charge in [-0.05, 0) is 11.1 Å². The number of ether oxygens (including phenoxy) is 1. The van der Waals surface area contributed by atoms with Gasteiger partial charge >= 0.3 is 0 Å². The number of nitrogens with zero attached hydrogens (tertiary/aromatic N) is 3. The van der Waals surface area contributed by atoms with Crippen LogP contribution in [0, 0.1) is 0 Å². The lowest BCUT2D eigenvalue weighted by Gasteiger charge is -2.31. The minimum absolute atomic E-state index is 0.230. The van der Waals surface area contributed by atoms with E-state index in [0.717, 1.165) is 11.1 Å². The normalized spacial score (nSPS) is 10.8. The molecule has 0 bridgehead atoms. The predicted molar refractivity (Wildman–Crippen MR) is 118 cm³/mol. The first-order valence-corrected chi connectivity index (χ1v) is 9.85. The largest absolute Gasteiger partial charge is 0.501 e. The zero-order valence-electron chi connectivity index (χ0n) is 17.8. The van der Waals surface area contributed by atoms with Crippen LogP contribution in [0.4, 0.5) is 5.95 Å². The molecular weight excluding hydrogens is 396 g/mol. The van der Waals surface area contributed by atoms with E-state index in [1.54, 1.807) is 7.05 Å². The number of hydrogen-bond acceptors (Lipinski definition) is 6. The smallest absolute Gasteiger partial charge is 0.297 e. The summed E-state index contributed by atoms with van der Waals surface area (Å²) in [5.41, 5.74) is 0.962. The summed E-state index contributed by atoms with van der Waals surface area (Å²) in [7, 11) is 4.83. The number of nitrogens with one attached hydrogen (secondary N) is 1. The Labute approximate surface area is 180 Å². The fourth-order valence-electron chi connectivity index (χ4n) is 3.43. The van der Waals surface area contributed by atoms with Gasteiger partial charge in [0.05, 0.1) is 12.6 Å². The van der Waals surface area contributed by atoms with Crippen LogP contribution in [0.15, 0.2) is 65.5 Å². The van der Waals surface area contributed by atoms with E-state index >= 15 is 0 Å². The highest BCUT2D eigenvalue weighted by Gasteiger charge is 2.26. The molecule has 3 rings (SSSR count). The molecule has 0 aliphatic heterocycles. The van der Waals surface area contributed by atoms with Crippen LogP contribution < -0.4 is 15.8 Å². The molecule has 1 heterocycles. The van der Waals surface area contributed by atoms with Crippen molar-refractivity contribution < 1.29 is 14.6 Å². The molecule has 0 saturated carbocycles. The van der Waals surface area contributed by atoms with Crippen LogP contribution in [0.5, 0.6) is 5.75 Å². The molecule has 0 radical (unpaired) electrons. The lowest BCUT2D eigenvalue weighted by molar-refractivity contribution is 0.0928. The second-order valence-corrected chi connectivity index (χ2v) is 7.06. The third-order valence-corrected chi connectivity index (χ3v) is 4.98. The van der Waals surface area contributed by atoms with E-state index in [9.17, 15) is 14.7 Å². The van der Waals surface area contributed by atoms with E-state index in [4.69, 9.17) is 4.74 Å². The summed E-state index contributed by atoms with van der Waals surface area (Å²) in [5.74, 6) is -1.08. The molecule has 3 aromatic rings. The Hall–Kier alpha value is -3.65. The molecule has 0 unspecified atom stereocenters. The van der Waals surface area contributed by atoms with Gasteiger partial charge < -0.3 is 20.1 Å². The van der Waals surface area contributed by atoms with Crippen molar-refractivity contribution in [3.63, 3.8) is 0 Å². The minimum Gasteiger partial charge on any atom is -0.501 e. The van der Waals surface area contributed by atoms with Gasteiger partial charge in [-0.15, -0.1) is 0 Å². The van der Waals surface area contributed by atoms with Gasteiger partial charge in [-0.1, -0.05) is 60.7 Å². The summed E-state index contributed by atoms with van der Waals surface area (Å²) < 4.78 is 6.16. The Bertz CT molecular complexity index is 1040. The van der Waals surface area contributed by atoms with Gasteiger partial charge in [-0.25, -0.2) is 4.98 Å². The van der Waals surface area contributed by atoms with Gasteiger partial charge in [0.1, 0.15) is 0 Å². The van der Waals surface area contributed by atoms with Gasteiger partial charge in [-0.3, -0.25) is 14.2 Å². The lowest BCUT2D eigenvalue weighted by Crippen LogP contribution is -2.35. The molecule has 31 heavy (non-hydrogen) atoms. The first-order chi connectivity index (χ1) is 15.0. The van der Waals surface area contributed by atoms with Crippen LogP contribution in [0.25, 0.3) is 0 Å². The number of aromatic nitrogens is 2. The van der Waals surface area contributed by atoms with Crippen molar-refractivity contribution in [3.05, 3.63) is 87.8 Å². The molecule has 0 spiro atoms. The van der Waals surface area contributed by atoms with Crippen LogP contribution in [-0.4, -0.2) is 47.9 Å². The summed E-state index contributed by atoms with van der Waals surface area (Å²) in [6.07, 6.45) is 0. The van der Waals surface area contributed by atoms with Gasteiger partial charge in [0.15, 0.2) is 5.69 Å². The predicted octanol–water partition coefficient (Wildman–Crippen LogP) is 2.09. The van der Waals surface area contributed by atoms with E-state index in [0.29, 0.717) is 6.61 Å². The Morgan fingerprint density at radius 3 is 2.19 bits per heavy atom. The van der Waals surface area contributed by atoms with Gasteiger partial charge in [0, 0.05) is 27.7 Å². The highest BCUT2D eigenvalue weighted by molar-refractivity contribution is 5.95. The first-order valence-electron chi connectivity index (χ1n) is 9.85. The zero-order chi connectivity index (χ0) is 22.4. The van der Waals surface area contributed by atoms with Gasteiger partial charge in [0.2, 0.25) is 11.7 Å². The third kappa shape index (κ3) is 4.75. The third-order valence-electron chi connectivity index (χ3n) is 4.98. The molecule has 2 N–H and O–H groups in total. The molecule has 1 aromatic heterocycles. The molecule has 0 aliphatic carbocycles. The summed E-state index contributed by atoms with van der Waals surface area (Å²) in [6, 6.07) is 19.3. The molecule has 0 fully saturated rings. The van der Waals surface area contributed by atoms with Crippen molar-refractivity contribution >= 4 is 11.9 Å². The highest BCUT2D eigenvalue weighted by Crippen LogP contribution is 2.30. The van der Waals surface area contributed by atoms with E-state index in [1.165, 1.54) is 18.7 Å². The number of anilines is 1. The fraction of sp³-hybridized carbons (Fsp3) is 0.261.